The van der Waals surface area contributed by atoms with Crippen LogP contribution < -0.4 is 10.1 Å². The van der Waals surface area contributed by atoms with E-state index in [1.807, 2.05) is 47.4 Å². The summed E-state index contributed by atoms with van der Waals surface area (Å²) in [5.74, 6) is 1.05. The molecular formula is C21H24N2O3. The topological polar surface area (TPSA) is 58.6 Å². The summed E-state index contributed by atoms with van der Waals surface area (Å²) in [7, 11) is 0. The van der Waals surface area contributed by atoms with E-state index in [2.05, 4.69) is 5.32 Å². The maximum atomic E-state index is 12.2. The molecule has 1 saturated carbocycles. The number of nitrogens with one attached hydrogen (secondary N) is 1. The number of carbonyl (C=O) groups excluding carboxylic acids is 2. The molecule has 26 heavy (non-hydrogen) atoms. The zero-order valence-corrected chi connectivity index (χ0v) is 14.8. The van der Waals surface area contributed by atoms with E-state index in [9.17, 15) is 9.59 Å². The predicted molar refractivity (Wildman–Crippen MR) is 99.9 cm³/mol. The van der Waals surface area contributed by atoms with Gasteiger partial charge in [-0.2, -0.15) is 0 Å². The Hall–Kier alpha value is -2.56. The van der Waals surface area contributed by atoms with Gasteiger partial charge in [-0.1, -0.05) is 30.3 Å². The number of likely N-dealkylation sites (tertiary alicyclic amines) is 1. The molecule has 1 N–H and O–H groups in total. The minimum atomic E-state index is -0.135. The van der Waals surface area contributed by atoms with Crippen LogP contribution in [0.1, 0.15) is 25.7 Å². The second kappa shape index (κ2) is 7.36. The minimum Gasteiger partial charge on any atom is -0.484 e. The van der Waals surface area contributed by atoms with Crippen LogP contribution in [-0.4, -0.2) is 42.5 Å². The van der Waals surface area contributed by atoms with Gasteiger partial charge in [-0.25, -0.2) is 0 Å². The monoisotopic (exact) mass is 352 g/mol. The van der Waals surface area contributed by atoms with Crippen molar-refractivity contribution in [1.29, 1.82) is 0 Å². The first kappa shape index (κ1) is 16.9. The Morgan fingerprint density at radius 2 is 1.88 bits per heavy atom. The molecule has 2 aromatic carbocycles. The number of ether oxygens (including phenoxy) is 1. The van der Waals surface area contributed by atoms with Crippen molar-refractivity contribution in [3.63, 3.8) is 0 Å². The van der Waals surface area contributed by atoms with Crippen LogP contribution in [0.5, 0.6) is 5.75 Å². The van der Waals surface area contributed by atoms with Crippen molar-refractivity contribution in [3.05, 3.63) is 42.5 Å². The lowest BCUT2D eigenvalue weighted by molar-refractivity contribution is -0.135. The third-order valence-corrected chi connectivity index (χ3v) is 5.12. The van der Waals surface area contributed by atoms with Crippen LogP contribution in [0.25, 0.3) is 10.8 Å². The summed E-state index contributed by atoms with van der Waals surface area (Å²) in [5.41, 5.74) is 0. The van der Waals surface area contributed by atoms with Gasteiger partial charge in [-0.15, -0.1) is 0 Å². The van der Waals surface area contributed by atoms with Gasteiger partial charge >= 0.3 is 0 Å². The summed E-state index contributed by atoms with van der Waals surface area (Å²) in [6, 6.07) is 13.9. The van der Waals surface area contributed by atoms with Crippen molar-refractivity contribution >= 4 is 22.6 Å². The highest BCUT2D eigenvalue weighted by molar-refractivity contribution is 5.84. The van der Waals surface area contributed by atoms with Gasteiger partial charge in [-0.3, -0.25) is 9.59 Å². The molecular weight excluding hydrogens is 328 g/mol. The van der Waals surface area contributed by atoms with E-state index in [0.29, 0.717) is 12.3 Å². The molecule has 0 aromatic heterocycles. The van der Waals surface area contributed by atoms with E-state index in [0.717, 1.165) is 43.0 Å². The highest BCUT2D eigenvalue weighted by atomic mass is 16.5. The standard InChI is InChI=1S/C21H24N2O3/c24-20(14-26-19-10-9-15-4-1-2-5-17(15)12-19)22-18-6-3-11-23(13-18)21(25)16-7-8-16/h1-2,4-5,9-10,12,16,18H,3,6-8,11,13-14H2,(H,22,24)/t18-/m0/s1. The molecule has 0 spiro atoms. The second-order valence-corrected chi connectivity index (χ2v) is 7.26. The molecule has 1 atom stereocenters. The Morgan fingerprint density at radius 1 is 1.08 bits per heavy atom. The summed E-state index contributed by atoms with van der Waals surface area (Å²) in [6.45, 7) is 1.43. The number of benzene rings is 2. The molecule has 1 saturated heterocycles. The highest BCUT2D eigenvalue weighted by Crippen LogP contribution is 2.31. The zero-order chi connectivity index (χ0) is 17.9. The van der Waals surface area contributed by atoms with Crippen LogP contribution in [0.2, 0.25) is 0 Å². The number of piperidine rings is 1. The van der Waals surface area contributed by atoms with Crippen LogP contribution >= 0.6 is 0 Å². The van der Waals surface area contributed by atoms with E-state index < -0.39 is 0 Å². The van der Waals surface area contributed by atoms with Crippen molar-refractivity contribution in [1.82, 2.24) is 10.2 Å². The number of fused-ring (bicyclic) bond motifs is 1. The molecule has 1 aliphatic heterocycles. The lowest BCUT2D eigenvalue weighted by Crippen LogP contribution is -2.50. The molecule has 2 amide bonds. The first-order valence-electron chi connectivity index (χ1n) is 9.39. The van der Waals surface area contributed by atoms with E-state index in [1.165, 1.54) is 0 Å². The van der Waals surface area contributed by atoms with Crippen LogP contribution in [0.3, 0.4) is 0 Å². The number of hydrogen-bond acceptors (Lipinski definition) is 3. The molecule has 4 rings (SSSR count). The normalized spacial score (nSPS) is 20.0. The van der Waals surface area contributed by atoms with Gasteiger partial charge in [0.05, 0.1) is 0 Å². The number of rotatable bonds is 5. The molecule has 136 valence electrons. The van der Waals surface area contributed by atoms with Gasteiger partial charge in [0.25, 0.3) is 5.91 Å². The average Bonchev–Trinajstić information content (AvgIpc) is 3.51. The first-order valence-corrected chi connectivity index (χ1v) is 9.39. The zero-order valence-electron chi connectivity index (χ0n) is 14.8. The maximum absolute atomic E-state index is 12.2. The molecule has 2 aliphatic rings. The van der Waals surface area contributed by atoms with Crippen LogP contribution in [0.15, 0.2) is 42.5 Å². The van der Waals surface area contributed by atoms with Gasteiger partial charge in [0, 0.05) is 25.0 Å². The van der Waals surface area contributed by atoms with E-state index in [1.54, 1.807) is 0 Å². The fourth-order valence-corrected chi connectivity index (χ4v) is 3.56. The number of nitrogens with zero attached hydrogens (tertiary/aromatic N) is 1. The molecule has 5 heteroatoms. The van der Waals surface area contributed by atoms with Gasteiger partial charge < -0.3 is 15.0 Å². The van der Waals surface area contributed by atoms with Crippen molar-refractivity contribution in [2.45, 2.75) is 31.7 Å². The molecule has 2 aromatic rings. The molecule has 1 aliphatic carbocycles. The lowest BCUT2D eigenvalue weighted by Gasteiger charge is -2.33. The Kier molecular flexibility index (Phi) is 4.78. The predicted octanol–water partition coefficient (Wildman–Crippen LogP) is 2.74. The van der Waals surface area contributed by atoms with Crippen LogP contribution in [0, 0.1) is 5.92 Å². The quantitative estimate of drug-likeness (QED) is 0.900. The molecule has 2 fully saturated rings. The van der Waals surface area contributed by atoms with E-state index >= 15 is 0 Å². The average molecular weight is 352 g/mol. The maximum Gasteiger partial charge on any atom is 0.258 e. The summed E-state index contributed by atoms with van der Waals surface area (Å²) in [6.07, 6.45) is 3.89. The van der Waals surface area contributed by atoms with Crippen molar-refractivity contribution in [3.8, 4) is 5.75 Å². The molecule has 0 radical (unpaired) electrons. The van der Waals surface area contributed by atoms with Crippen molar-refractivity contribution < 1.29 is 14.3 Å². The largest absolute Gasteiger partial charge is 0.484 e. The number of hydrogen-bond donors (Lipinski definition) is 1. The van der Waals surface area contributed by atoms with Crippen LogP contribution in [-0.2, 0) is 9.59 Å². The van der Waals surface area contributed by atoms with Crippen molar-refractivity contribution in [2.24, 2.45) is 5.92 Å². The highest BCUT2D eigenvalue weighted by Gasteiger charge is 2.35. The molecule has 1 heterocycles. The van der Waals surface area contributed by atoms with Gasteiger partial charge in [-0.05, 0) is 48.6 Å². The van der Waals surface area contributed by atoms with E-state index in [4.69, 9.17) is 4.74 Å². The van der Waals surface area contributed by atoms with Crippen LogP contribution in [0.4, 0.5) is 0 Å². The Balaban J connectivity index is 1.28. The Bertz CT molecular complexity index is 816. The van der Waals surface area contributed by atoms with Gasteiger partial charge in [0.15, 0.2) is 6.61 Å². The Labute approximate surface area is 153 Å². The summed E-state index contributed by atoms with van der Waals surface area (Å²) in [4.78, 5) is 26.3. The summed E-state index contributed by atoms with van der Waals surface area (Å²) in [5, 5.41) is 5.25. The fourth-order valence-electron chi connectivity index (χ4n) is 3.56. The third-order valence-electron chi connectivity index (χ3n) is 5.12. The van der Waals surface area contributed by atoms with Gasteiger partial charge in [0.2, 0.25) is 5.91 Å². The minimum absolute atomic E-state index is 0.00852. The molecule has 5 nitrogen and oxygen atoms in total. The van der Waals surface area contributed by atoms with Gasteiger partial charge in [0.1, 0.15) is 5.75 Å². The smallest absolute Gasteiger partial charge is 0.258 e. The number of amides is 2. The summed E-state index contributed by atoms with van der Waals surface area (Å²) >= 11 is 0. The summed E-state index contributed by atoms with van der Waals surface area (Å²) < 4.78 is 5.65. The number of carbonyl (C=O) groups is 2. The molecule has 0 bridgehead atoms. The second-order valence-electron chi connectivity index (χ2n) is 7.26. The lowest BCUT2D eigenvalue weighted by atomic mass is 10.1. The SMILES string of the molecule is O=C(COc1ccc2ccccc2c1)N[C@H]1CCCN(C(=O)C2CC2)C1. The van der Waals surface area contributed by atoms with Crippen molar-refractivity contribution in [2.75, 3.05) is 19.7 Å². The molecule has 0 unspecified atom stereocenters. The fraction of sp³-hybridized carbons (Fsp3) is 0.429. The third kappa shape index (κ3) is 3.98. The Morgan fingerprint density at radius 3 is 2.69 bits per heavy atom. The van der Waals surface area contributed by atoms with E-state index in [-0.39, 0.29) is 30.4 Å². The first-order chi connectivity index (χ1) is 12.7.